The lowest BCUT2D eigenvalue weighted by atomic mass is 9.67. The predicted octanol–water partition coefficient (Wildman–Crippen LogP) is 1.10. The molecule has 4 heteroatoms. The second-order valence-electron chi connectivity index (χ2n) is 4.20. The molecule has 2 unspecified atom stereocenters. The van der Waals surface area contributed by atoms with Crippen LogP contribution in [0.1, 0.15) is 33.1 Å². The van der Waals surface area contributed by atoms with Gasteiger partial charge in [-0.1, -0.05) is 13.8 Å². The first-order chi connectivity index (χ1) is 7.09. The highest BCUT2D eigenvalue weighted by Crippen LogP contribution is 2.40. The number of methoxy groups -OCH3 is 1. The summed E-state index contributed by atoms with van der Waals surface area (Å²) in [6.45, 7) is 4.45. The Kier molecular flexibility index (Phi) is 3.85. The van der Waals surface area contributed by atoms with Crippen LogP contribution in [0.15, 0.2) is 0 Å². The van der Waals surface area contributed by atoms with Gasteiger partial charge in [0.1, 0.15) is 0 Å². The summed E-state index contributed by atoms with van der Waals surface area (Å²) in [5, 5.41) is 2.39. The highest BCUT2D eigenvalue weighted by molar-refractivity contribution is 5.99. The zero-order valence-electron chi connectivity index (χ0n) is 9.63. The van der Waals surface area contributed by atoms with E-state index < -0.39 is 0 Å². The zero-order valence-corrected chi connectivity index (χ0v) is 9.63. The Balaban J connectivity index is 2.96. The van der Waals surface area contributed by atoms with E-state index in [4.69, 9.17) is 4.74 Å². The first-order valence-electron chi connectivity index (χ1n) is 5.42. The van der Waals surface area contributed by atoms with Gasteiger partial charge in [-0.3, -0.25) is 14.9 Å². The van der Waals surface area contributed by atoms with Gasteiger partial charge in [0.2, 0.25) is 11.8 Å². The first kappa shape index (κ1) is 12.2. The lowest BCUT2D eigenvalue weighted by molar-refractivity contribution is -0.147. The van der Waals surface area contributed by atoms with Gasteiger partial charge in [0.05, 0.1) is 6.61 Å². The van der Waals surface area contributed by atoms with Crippen LogP contribution in [0.25, 0.3) is 0 Å². The molecule has 0 aliphatic carbocycles. The van der Waals surface area contributed by atoms with Crippen LogP contribution in [0.5, 0.6) is 0 Å². The number of hydrogen-bond donors (Lipinski definition) is 1. The number of carbonyl (C=O) groups excluding carboxylic acids is 2. The average molecular weight is 213 g/mol. The third-order valence-corrected chi connectivity index (χ3v) is 3.38. The van der Waals surface area contributed by atoms with Gasteiger partial charge in [0.25, 0.3) is 0 Å². The van der Waals surface area contributed by atoms with Gasteiger partial charge < -0.3 is 4.74 Å². The molecule has 15 heavy (non-hydrogen) atoms. The van der Waals surface area contributed by atoms with Crippen LogP contribution in [0.3, 0.4) is 0 Å². The number of rotatable bonds is 4. The van der Waals surface area contributed by atoms with Crippen molar-refractivity contribution in [3.63, 3.8) is 0 Å². The number of ether oxygens (including phenoxy) is 1. The quantitative estimate of drug-likeness (QED) is 0.711. The molecule has 1 aliphatic heterocycles. The van der Waals surface area contributed by atoms with E-state index in [2.05, 4.69) is 5.32 Å². The summed E-state index contributed by atoms with van der Waals surface area (Å²) in [7, 11) is 1.61. The van der Waals surface area contributed by atoms with Crippen LogP contribution in [-0.4, -0.2) is 25.5 Å². The van der Waals surface area contributed by atoms with Crippen LogP contribution in [0, 0.1) is 11.3 Å². The minimum Gasteiger partial charge on any atom is -0.384 e. The fraction of sp³-hybridized carbons (Fsp3) is 0.818. The third-order valence-electron chi connectivity index (χ3n) is 3.38. The van der Waals surface area contributed by atoms with E-state index >= 15 is 0 Å². The van der Waals surface area contributed by atoms with Gasteiger partial charge in [0, 0.05) is 24.9 Å². The van der Waals surface area contributed by atoms with Crippen molar-refractivity contribution in [2.45, 2.75) is 33.1 Å². The summed E-state index contributed by atoms with van der Waals surface area (Å²) in [5.41, 5.74) is -0.303. The smallest absolute Gasteiger partial charge is 0.230 e. The van der Waals surface area contributed by atoms with Gasteiger partial charge in [-0.15, -0.1) is 0 Å². The van der Waals surface area contributed by atoms with E-state index in [1.54, 1.807) is 7.11 Å². The normalized spacial score (nSPS) is 31.5. The van der Waals surface area contributed by atoms with Gasteiger partial charge in [-0.2, -0.15) is 0 Å². The molecule has 0 saturated carbocycles. The van der Waals surface area contributed by atoms with Gasteiger partial charge in [-0.05, 0) is 12.8 Å². The molecule has 1 aliphatic rings. The molecule has 0 aromatic heterocycles. The standard InChI is InChI=1S/C11H19NO3/c1-4-8-10(14)12-9(13)6-11(8,5-2)7-15-3/h8H,4-7H2,1-3H3,(H,12,13,14). The molecular weight excluding hydrogens is 194 g/mol. The maximum absolute atomic E-state index is 11.7. The van der Waals surface area contributed by atoms with Gasteiger partial charge in [-0.25, -0.2) is 0 Å². The maximum Gasteiger partial charge on any atom is 0.230 e. The summed E-state index contributed by atoms with van der Waals surface area (Å²) < 4.78 is 5.17. The van der Waals surface area contributed by atoms with E-state index in [1.807, 2.05) is 13.8 Å². The van der Waals surface area contributed by atoms with E-state index in [9.17, 15) is 9.59 Å². The molecule has 4 nitrogen and oxygen atoms in total. The maximum atomic E-state index is 11.7. The molecule has 0 bridgehead atoms. The monoisotopic (exact) mass is 213 g/mol. The highest BCUT2D eigenvalue weighted by Gasteiger charge is 2.46. The third kappa shape index (κ3) is 2.20. The summed E-state index contributed by atoms with van der Waals surface area (Å²) in [4.78, 5) is 23.1. The number of carbonyl (C=O) groups is 2. The lowest BCUT2D eigenvalue weighted by Gasteiger charge is -2.41. The molecule has 1 rings (SSSR count). The van der Waals surface area contributed by atoms with Crippen molar-refractivity contribution in [1.29, 1.82) is 0 Å². The largest absolute Gasteiger partial charge is 0.384 e. The average Bonchev–Trinajstić information content (AvgIpc) is 2.17. The first-order valence-corrected chi connectivity index (χ1v) is 5.42. The van der Waals surface area contributed by atoms with Crippen molar-refractivity contribution in [1.82, 2.24) is 5.32 Å². The molecule has 1 heterocycles. The van der Waals surface area contributed by atoms with Crippen molar-refractivity contribution in [3.8, 4) is 0 Å². The number of piperidine rings is 1. The summed E-state index contributed by atoms with van der Waals surface area (Å²) in [6, 6.07) is 0. The van der Waals surface area contributed by atoms with Crippen molar-refractivity contribution >= 4 is 11.8 Å². The van der Waals surface area contributed by atoms with Gasteiger partial charge in [0.15, 0.2) is 0 Å². The van der Waals surface area contributed by atoms with Crippen molar-refractivity contribution in [3.05, 3.63) is 0 Å². The molecule has 2 amide bonds. The summed E-state index contributed by atoms with van der Waals surface area (Å²) >= 11 is 0. The number of amides is 2. The highest BCUT2D eigenvalue weighted by atomic mass is 16.5. The minimum atomic E-state index is -0.303. The Morgan fingerprint density at radius 1 is 1.47 bits per heavy atom. The van der Waals surface area contributed by atoms with E-state index in [-0.39, 0.29) is 23.1 Å². The fourth-order valence-corrected chi connectivity index (χ4v) is 2.52. The summed E-state index contributed by atoms with van der Waals surface area (Å²) in [5.74, 6) is -0.434. The fourth-order valence-electron chi connectivity index (χ4n) is 2.52. The Morgan fingerprint density at radius 2 is 2.13 bits per heavy atom. The molecule has 0 aromatic carbocycles. The Bertz CT molecular complexity index is 265. The SMILES string of the molecule is CCC1C(=O)NC(=O)CC1(CC)COC. The molecule has 1 saturated heterocycles. The second-order valence-corrected chi connectivity index (χ2v) is 4.20. The predicted molar refractivity (Wildman–Crippen MR) is 56.1 cm³/mol. The molecule has 0 spiro atoms. The molecule has 86 valence electrons. The van der Waals surface area contributed by atoms with Crippen LogP contribution in [-0.2, 0) is 14.3 Å². The van der Waals surface area contributed by atoms with Crippen LogP contribution in [0.4, 0.5) is 0 Å². The van der Waals surface area contributed by atoms with Gasteiger partial charge >= 0.3 is 0 Å². The molecule has 1 fully saturated rings. The lowest BCUT2D eigenvalue weighted by Crippen LogP contribution is -2.53. The number of hydrogen-bond acceptors (Lipinski definition) is 3. The molecule has 0 aromatic rings. The molecule has 1 N–H and O–H groups in total. The van der Waals surface area contributed by atoms with Crippen molar-refractivity contribution in [2.24, 2.45) is 11.3 Å². The molecular formula is C11H19NO3. The molecule has 2 atom stereocenters. The van der Waals surface area contributed by atoms with Crippen molar-refractivity contribution in [2.75, 3.05) is 13.7 Å². The second kappa shape index (κ2) is 4.75. The van der Waals surface area contributed by atoms with E-state index in [0.29, 0.717) is 13.0 Å². The number of imide groups is 1. The Morgan fingerprint density at radius 3 is 2.60 bits per heavy atom. The number of nitrogens with one attached hydrogen (secondary N) is 1. The van der Waals surface area contributed by atoms with Crippen LogP contribution < -0.4 is 5.32 Å². The van der Waals surface area contributed by atoms with Crippen molar-refractivity contribution < 1.29 is 14.3 Å². The van der Waals surface area contributed by atoms with E-state index in [0.717, 1.165) is 12.8 Å². The summed E-state index contributed by atoms with van der Waals surface area (Å²) in [6.07, 6.45) is 1.93. The Hall–Kier alpha value is -0.900. The van der Waals surface area contributed by atoms with E-state index in [1.165, 1.54) is 0 Å². The zero-order chi connectivity index (χ0) is 11.5. The minimum absolute atomic E-state index is 0.111. The Labute approximate surface area is 90.4 Å². The topological polar surface area (TPSA) is 55.4 Å². The van der Waals surface area contributed by atoms with Crippen LogP contribution in [0.2, 0.25) is 0 Å². The molecule has 0 radical (unpaired) electrons. The van der Waals surface area contributed by atoms with Crippen LogP contribution >= 0.6 is 0 Å².